The lowest BCUT2D eigenvalue weighted by molar-refractivity contribution is -0.432. The molecule has 0 spiro atoms. The minimum Gasteiger partial charge on any atom is -0.505 e. The summed E-state index contributed by atoms with van der Waals surface area (Å²) in [6.07, 6.45) is 0. The van der Waals surface area contributed by atoms with Crippen LogP contribution in [0.25, 0.3) is 33.2 Å². The van der Waals surface area contributed by atoms with E-state index in [0.717, 1.165) is 17.7 Å². The average Bonchev–Trinajstić information content (AvgIpc) is 3.55. The predicted molar refractivity (Wildman–Crippen MR) is 180 cm³/mol. The van der Waals surface area contributed by atoms with Gasteiger partial charge in [0.2, 0.25) is 0 Å². The van der Waals surface area contributed by atoms with Gasteiger partial charge in [-0.2, -0.15) is 13.5 Å². The zero-order valence-electron chi connectivity index (χ0n) is 25.7. The van der Waals surface area contributed by atoms with Crippen molar-refractivity contribution in [3.05, 3.63) is 94.5 Å². The van der Waals surface area contributed by atoms with Gasteiger partial charge >= 0.3 is 0 Å². The van der Waals surface area contributed by atoms with Gasteiger partial charge in [-0.3, -0.25) is 14.7 Å². The number of nitrogens with zero attached hydrogens (tertiary/aromatic N) is 6. The van der Waals surface area contributed by atoms with E-state index >= 15 is 0 Å². The number of aryl methyl sites for hydroxylation is 1. The number of nitro benzene ring substituents is 1. The van der Waals surface area contributed by atoms with Crippen LogP contribution in [0, 0.1) is 17.0 Å². The second kappa shape index (κ2) is 14.0. The van der Waals surface area contributed by atoms with Gasteiger partial charge in [0.15, 0.2) is 5.75 Å². The van der Waals surface area contributed by atoms with Gasteiger partial charge in [-0.1, -0.05) is 35.4 Å². The largest absolute Gasteiger partial charge is 0.505 e. The van der Waals surface area contributed by atoms with E-state index < -0.39 is 25.6 Å². The number of hydrogen-bond donors (Lipinski definition) is 4. The highest BCUT2D eigenvalue weighted by Crippen LogP contribution is 2.46. The van der Waals surface area contributed by atoms with Crippen molar-refractivity contribution < 1.29 is 42.4 Å². The number of H-pyrrole nitrogens is 1. The van der Waals surface area contributed by atoms with Crippen molar-refractivity contribution in [1.29, 1.82) is 0 Å². The number of hydrogen-bond acceptors (Lipinski definition) is 15. The summed E-state index contributed by atoms with van der Waals surface area (Å²) in [5.74, 6) is 0.522. The fourth-order valence-corrected chi connectivity index (χ4v) is 6.10. The molecule has 0 aliphatic carbocycles. The number of phenols is 1. The zero-order chi connectivity index (χ0) is 35.6. The molecule has 19 heteroatoms. The number of aromatic amines is 1. The first-order valence-electron chi connectivity index (χ1n) is 14.1. The summed E-state index contributed by atoms with van der Waals surface area (Å²) in [5.41, 5.74) is 2.09. The number of azo groups is 2. The summed E-state index contributed by atoms with van der Waals surface area (Å²) in [6.45, 7) is 1.65. The van der Waals surface area contributed by atoms with Gasteiger partial charge in [-0.25, -0.2) is 10.2 Å². The van der Waals surface area contributed by atoms with E-state index in [1.54, 1.807) is 25.1 Å². The van der Waals surface area contributed by atoms with Crippen LogP contribution in [0.2, 0.25) is 0 Å². The zero-order valence-corrected chi connectivity index (χ0v) is 27.3. The number of fused-ring (bicyclic) bond motifs is 3. The summed E-state index contributed by atoms with van der Waals surface area (Å²) in [5, 5.41) is 52.7. The first kappa shape index (κ1) is 34.0. The van der Waals surface area contributed by atoms with Crippen LogP contribution in [-0.2, 0) is 19.5 Å². The number of phenolic OH excluding ortho intramolecular Hbond substituents is 1. The van der Waals surface area contributed by atoms with Crippen molar-refractivity contribution >= 4 is 72.4 Å². The second-order valence-corrected chi connectivity index (χ2v) is 12.5. The third-order valence-corrected chi connectivity index (χ3v) is 8.84. The molecule has 1 heterocycles. The monoisotopic (exact) mass is 717 g/mol. The van der Waals surface area contributed by atoms with E-state index in [1.807, 2.05) is 30.3 Å². The number of benzene rings is 5. The Balaban J connectivity index is 1.38. The Bertz CT molecular complexity index is 2450. The summed E-state index contributed by atoms with van der Waals surface area (Å²) in [4.78, 5) is 17.7. The van der Waals surface area contributed by atoms with Gasteiger partial charge < -0.3 is 14.8 Å². The van der Waals surface area contributed by atoms with Crippen molar-refractivity contribution in [1.82, 2.24) is 9.97 Å². The van der Waals surface area contributed by atoms with E-state index in [-0.39, 0.29) is 39.1 Å². The van der Waals surface area contributed by atoms with Crippen LogP contribution in [0.15, 0.2) is 109 Å². The van der Waals surface area contributed by atoms with Gasteiger partial charge in [0.1, 0.15) is 33.5 Å². The van der Waals surface area contributed by atoms with Crippen LogP contribution in [-0.4, -0.2) is 45.3 Å². The number of nitro groups is 1. The summed E-state index contributed by atoms with van der Waals surface area (Å²) in [6, 6.07) is 20.3. The lowest BCUT2D eigenvalue weighted by Gasteiger charge is -2.10. The minimum atomic E-state index is -4.87. The van der Waals surface area contributed by atoms with Gasteiger partial charge in [0.25, 0.3) is 15.8 Å². The molecule has 254 valence electrons. The highest BCUT2D eigenvalue weighted by atomic mass is 32.2. The SMILES string of the molecule is COc1cc(N=Nc2ccc([N+](=O)[O-])cc2S(=O)(=O)O)c(C)cc1N=Nc1c(SOOO)cc2c(ccc3nc(-c4ccccc4)[nH]c32)c1O. The second-order valence-electron chi connectivity index (χ2n) is 10.4. The molecular weight excluding hydrogens is 695 g/mol. The predicted octanol–water partition coefficient (Wildman–Crippen LogP) is 8.82. The van der Waals surface area contributed by atoms with E-state index in [0.29, 0.717) is 51.3 Å². The standard InChI is InChI=1S/C31H23N7O10S2/c1-16-12-24(25(46-2)15-23(16)35-34-21-10-8-18(38(40)41)13-27(21)50(43,44)45)36-37-29-26(49-48-47-42)14-20-19(30(29)39)9-11-22-28(20)33-31(32-22)17-6-4-3-5-7-17/h3-15,39,42H,1-2H3,(H,32,33)(H,43,44,45). The van der Waals surface area contributed by atoms with E-state index in [9.17, 15) is 28.2 Å². The molecule has 6 rings (SSSR count). The molecular formula is C31H23N7O10S2. The molecule has 0 amide bonds. The third kappa shape index (κ3) is 6.85. The molecule has 50 heavy (non-hydrogen) atoms. The maximum Gasteiger partial charge on any atom is 0.297 e. The first-order valence-corrected chi connectivity index (χ1v) is 16.3. The molecule has 0 radical (unpaired) electrons. The number of aromatic hydroxyl groups is 1. The van der Waals surface area contributed by atoms with Crippen molar-refractivity contribution in [3.8, 4) is 22.9 Å². The van der Waals surface area contributed by atoms with Crippen LogP contribution in [0.3, 0.4) is 0 Å². The van der Waals surface area contributed by atoms with Crippen molar-refractivity contribution in [2.24, 2.45) is 20.5 Å². The van der Waals surface area contributed by atoms with Crippen molar-refractivity contribution in [3.63, 3.8) is 0 Å². The Labute approximate surface area is 285 Å². The Morgan fingerprint density at radius 2 is 1.66 bits per heavy atom. The molecule has 6 aromatic rings. The number of nitrogens with one attached hydrogen (secondary N) is 1. The van der Waals surface area contributed by atoms with Crippen molar-refractivity contribution in [2.45, 2.75) is 16.7 Å². The molecule has 0 atom stereocenters. The van der Waals surface area contributed by atoms with E-state index in [2.05, 4.69) is 35.5 Å². The maximum absolute atomic E-state index is 11.9. The Kier molecular flexibility index (Phi) is 9.50. The fraction of sp³-hybridized carbons (Fsp3) is 0.0645. The number of aromatic nitrogens is 2. The molecule has 17 nitrogen and oxygen atoms in total. The third-order valence-electron chi connectivity index (χ3n) is 7.34. The minimum absolute atomic E-state index is 0.0268. The van der Waals surface area contributed by atoms with Gasteiger partial charge in [-0.15, -0.1) is 19.7 Å². The Hall–Kier alpha value is -5.83. The number of methoxy groups -OCH3 is 1. The normalized spacial score (nSPS) is 12.1. The molecule has 5 aromatic carbocycles. The molecule has 0 aliphatic rings. The van der Waals surface area contributed by atoms with Crippen LogP contribution in [0.4, 0.5) is 28.4 Å². The van der Waals surface area contributed by atoms with Crippen LogP contribution in [0.1, 0.15) is 5.56 Å². The van der Waals surface area contributed by atoms with Crippen LogP contribution in [0.5, 0.6) is 11.5 Å². The molecule has 4 N–H and O–H groups in total. The highest BCUT2D eigenvalue weighted by Gasteiger charge is 2.21. The molecule has 0 saturated heterocycles. The molecule has 0 aliphatic heterocycles. The fourth-order valence-electron chi connectivity index (χ4n) is 4.97. The summed E-state index contributed by atoms with van der Waals surface area (Å²) in [7, 11) is -3.51. The first-order chi connectivity index (χ1) is 24.0. The smallest absolute Gasteiger partial charge is 0.297 e. The van der Waals surface area contributed by atoms with Gasteiger partial charge in [-0.05, 0) is 42.8 Å². The van der Waals surface area contributed by atoms with Crippen molar-refractivity contribution in [2.75, 3.05) is 7.11 Å². The van der Waals surface area contributed by atoms with E-state index in [4.69, 9.17) is 14.3 Å². The quantitative estimate of drug-likeness (QED) is 0.0245. The van der Waals surface area contributed by atoms with Gasteiger partial charge in [0.05, 0.1) is 45.7 Å². The maximum atomic E-state index is 11.9. The lowest BCUT2D eigenvalue weighted by Crippen LogP contribution is -2.00. The van der Waals surface area contributed by atoms with E-state index in [1.165, 1.54) is 19.2 Å². The summed E-state index contributed by atoms with van der Waals surface area (Å²) >= 11 is 0.571. The Morgan fingerprint density at radius 1 is 0.920 bits per heavy atom. The molecule has 0 unspecified atom stereocenters. The summed E-state index contributed by atoms with van der Waals surface area (Å²) < 4.78 is 43.5. The molecule has 0 bridgehead atoms. The Morgan fingerprint density at radius 3 is 2.36 bits per heavy atom. The number of imidazole rings is 1. The van der Waals surface area contributed by atoms with Gasteiger partial charge in [0, 0.05) is 34.5 Å². The topological polar surface area (TPSA) is 244 Å². The number of ether oxygens (including phenoxy) is 1. The average molecular weight is 718 g/mol. The highest BCUT2D eigenvalue weighted by molar-refractivity contribution is 7.94. The number of rotatable bonds is 11. The van der Waals surface area contributed by atoms with Crippen LogP contribution >= 0.6 is 12.0 Å². The number of non-ortho nitro benzene ring substituents is 1. The lowest BCUT2D eigenvalue weighted by atomic mass is 10.1. The molecule has 0 fully saturated rings. The molecule has 0 saturated carbocycles. The molecule has 1 aromatic heterocycles. The van der Waals surface area contributed by atoms with Crippen LogP contribution < -0.4 is 4.74 Å².